The molecule has 0 aromatic heterocycles. The van der Waals surface area contributed by atoms with Crippen LogP contribution in [0.25, 0.3) is 0 Å². The molecule has 2 rings (SSSR count). The number of aryl methyl sites for hydroxylation is 2. The summed E-state index contributed by atoms with van der Waals surface area (Å²) in [5.41, 5.74) is 3.31. The molecule has 0 radical (unpaired) electrons. The summed E-state index contributed by atoms with van der Waals surface area (Å²) in [5, 5.41) is 3.05. The Morgan fingerprint density at radius 2 is 1.71 bits per heavy atom. The van der Waals surface area contributed by atoms with Crippen LogP contribution in [0.1, 0.15) is 33.5 Å². The lowest BCUT2D eigenvalue weighted by Gasteiger charge is -2.12. The fourth-order valence-corrected chi connectivity index (χ4v) is 2.49. The first-order chi connectivity index (χ1) is 11.4. The van der Waals surface area contributed by atoms with Gasteiger partial charge < -0.3 is 10.1 Å². The first-order valence-corrected chi connectivity index (χ1v) is 8.08. The van der Waals surface area contributed by atoms with Crippen molar-refractivity contribution in [2.45, 2.75) is 27.2 Å². The summed E-state index contributed by atoms with van der Waals surface area (Å²) in [6, 6.07) is 10.7. The molecule has 0 spiro atoms. The standard InChI is InChI=1S/C19H20ClNO3/c1-12-8-9-13(2)18(14(12)3)24-17(22)10-11-21-19(23)15-6-4-5-7-16(15)20/h4-9H,10-11H2,1-3H3,(H,21,23). The van der Waals surface area contributed by atoms with E-state index in [-0.39, 0.29) is 24.8 Å². The number of carbonyl (C=O) groups excluding carboxylic acids is 2. The smallest absolute Gasteiger partial charge is 0.312 e. The topological polar surface area (TPSA) is 55.4 Å². The number of rotatable bonds is 5. The van der Waals surface area contributed by atoms with E-state index in [1.54, 1.807) is 24.3 Å². The summed E-state index contributed by atoms with van der Waals surface area (Å²) in [4.78, 5) is 24.0. The predicted octanol–water partition coefficient (Wildman–Crippen LogP) is 3.99. The molecule has 0 saturated carbocycles. The molecule has 1 N–H and O–H groups in total. The first-order valence-electron chi connectivity index (χ1n) is 7.70. The molecule has 5 heteroatoms. The van der Waals surface area contributed by atoms with Gasteiger partial charge in [0.25, 0.3) is 5.91 Å². The monoisotopic (exact) mass is 345 g/mol. The van der Waals surface area contributed by atoms with Crippen molar-refractivity contribution in [1.82, 2.24) is 5.32 Å². The summed E-state index contributed by atoms with van der Waals surface area (Å²) in [6.45, 7) is 5.97. The van der Waals surface area contributed by atoms with E-state index in [0.717, 1.165) is 16.7 Å². The van der Waals surface area contributed by atoms with E-state index in [0.29, 0.717) is 16.3 Å². The lowest BCUT2D eigenvalue weighted by atomic mass is 10.1. The van der Waals surface area contributed by atoms with Crippen LogP contribution in [0.2, 0.25) is 5.02 Å². The molecule has 0 bridgehead atoms. The van der Waals surface area contributed by atoms with E-state index < -0.39 is 0 Å². The maximum absolute atomic E-state index is 12.0. The van der Waals surface area contributed by atoms with Crippen LogP contribution in [-0.2, 0) is 4.79 Å². The van der Waals surface area contributed by atoms with Gasteiger partial charge in [0.15, 0.2) is 0 Å². The van der Waals surface area contributed by atoms with Gasteiger partial charge >= 0.3 is 5.97 Å². The normalized spacial score (nSPS) is 10.3. The van der Waals surface area contributed by atoms with Crippen LogP contribution in [0.5, 0.6) is 5.75 Å². The highest BCUT2D eigenvalue weighted by Gasteiger charge is 2.13. The Morgan fingerprint density at radius 1 is 1.04 bits per heavy atom. The van der Waals surface area contributed by atoms with Gasteiger partial charge in [0.2, 0.25) is 0 Å². The van der Waals surface area contributed by atoms with E-state index in [2.05, 4.69) is 5.32 Å². The minimum absolute atomic E-state index is 0.0863. The zero-order valence-electron chi connectivity index (χ0n) is 14.0. The minimum atomic E-state index is -0.383. The predicted molar refractivity (Wildman–Crippen MR) is 94.7 cm³/mol. The van der Waals surface area contributed by atoms with E-state index in [9.17, 15) is 9.59 Å². The minimum Gasteiger partial charge on any atom is -0.426 e. The molecular weight excluding hydrogens is 326 g/mol. The van der Waals surface area contributed by atoms with Crippen LogP contribution >= 0.6 is 11.6 Å². The first kappa shape index (κ1) is 18.0. The third-order valence-electron chi connectivity index (χ3n) is 3.82. The average Bonchev–Trinajstić information content (AvgIpc) is 2.55. The quantitative estimate of drug-likeness (QED) is 0.658. The van der Waals surface area contributed by atoms with Crippen LogP contribution in [0, 0.1) is 20.8 Å². The molecule has 0 saturated heterocycles. The maximum atomic E-state index is 12.0. The molecule has 126 valence electrons. The number of nitrogens with one attached hydrogen (secondary N) is 1. The number of halogens is 1. The van der Waals surface area contributed by atoms with Gasteiger partial charge in [0, 0.05) is 6.54 Å². The number of carbonyl (C=O) groups is 2. The van der Waals surface area contributed by atoms with Crippen molar-refractivity contribution in [2.24, 2.45) is 0 Å². The van der Waals surface area contributed by atoms with E-state index >= 15 is 0 Å². The van der Waals surface area contributed by atoms with Crippen LogP contribution in [0.4, 0.5) is 0 Å². The molecule has 0 heterocycles. The van der Waals surface area contributed by atoms with Crippen LogP contribution < -0.4 is 10.1 Å². The van der Waals surface area contributed by atoms with Gasteiger partial charge in [-0.1, -0.05) is 35.9 Å². The largest absolute Gasteiger partial charge is 0.426 e. The summed E-state index contributed by atoms with van der Waals surface area (Å²) >= 11 is 5.97. The number of ether oxygens (including phenoxy) is 1. The Labute approximate surface area is 146 Å². The number of esters is 1. The summed E-state index contributed by atoms with van der Waals surface area (Å²) in [6.07, 6.45) is 0.0863. The van der Waals surface area contributed by atoms with Gasteiger partial charge in [0.1, 0.15) is 5.75 Å². The Bertz CT molecular complexity index is 771. The van der Waals surface area contributed by atoms with Crippen molar-refractivity contribution < 1.29 is 14.3 Å². The van der Waals surface area contributed by atoms with Crippen molar-refractivity contribution in [3.8, 4) is 5.75 Å². The Hall–Kier alpha value is -2.33. The fourth-order valence-electron chi connectivity index (χ4n) is 2.27. The van der Waals surface area contributed by atoms with E-state index in [1.165, 1.54) is 0 Å². The molecule has 0 aliphatic rings. The highest BCUT2D eigenvalue weighted by atomic mass is 35.5. The van der Waals surface area contributed by atoms with E-state index in [1.807, 2.05) is 32.9 Å². The van der Waals surface area contributed by atoms with Gasteiger partial charge in [-0.15, -0.1) is 0 Å². The number of benzene rings is 2. The second kappa shape index (κ2) is 7.97. The molecular formula is C19H20ClNO3. The lowest BCUT2D eigenvalue weighted by Crippen LogP contribution is -2.27. The van der Waals surface area contributed by atoms with Crippen LogP contribution in [0.3, 0.4) is 0 Å². The number of hydrogen-bond donors (Lipinski definition) is 1. The highest BCUT2D eigenvalue weighted by molar-refractivity contribution is 6.33. The third-order valence-corrected chi connectivity index (χ3v) is 4.15. The van der Waals surface area contributed by atoms with Crippen molar-refractivity contribution >= 4 is 23.5 Å². The zero-order chi connectivity index (χ0) is 17.7. The average molecular weight is 346 g/mol. The van der Waals surface area contributed by atoms with Crippen molar-refractivity contribution in [3.05, 3.63) is 63.7 Å². The molecule has 0 atom stereocenters. The Kier molecular flexibility index (Phi) is 5.99. The van der Waals surface area contributed by atoms with Gasteiger partial charge in [0.05, 0.1) is 17.0 Å². The summed E-state index contributed by atoms with van der Waals surface area (Å²) in [7, 11) is 0. The molecule has 2 aromatic carbocycles. The van der Waals surface area contributed by atoms with Gasteiger partial charge in [-0.2, -0.15) is 0 Å². The third kappa shape index (κ3) is 4.36. The molecule has 0 unspecified atom stereocenters. The number of amides is 1. The maximum Gasteiger partial charge on any atom is 0.312 e. The lowest BCUT2D eigenvalue weighted by molar-refractivity contribution is -0.134. The SMILES string of the molecule is Cc1ccc(C)c(OC(=O)CCNC(=O)c2ccccc2Cl)c1C. The second-order valence-electron chi connectivity index (χ2n) is 5.61. The molecule has 0 fully saturated rings. The van der Waals surface area contributed by atoms with Crippen molar-refractivity contribution in [3.63, 3.8) is 0 Å². The Balaban J connectivity index is 1.90. The van der Waals surface area contributed by atoms with Gasteiger partial charge in [-0.05, 0) is 49.6 Å². The molecule has 1 amide bonds. The molecule has 24 heavy (non-hydrogen) atoms. The summed E-state index contributed by atoms with van der Waals surface area (Å²) in [5.74, 6) is -0.0972. The van der Waals surface area contributed by atoms with Gasteiger partial charge in [-0.3, -0.25) is 9.59 Å². The molecule has 0 aliphatic carbocycles. The van der Waals surface area contributed by atoms with Crippen LogP contribution in [-0.4, -0.2) is 18.4 Å². The van der Waals surface area contributed by atoms with Crippen molar-refractivity contribution in [1.29, 1.82) is 0 Å². The Morgan fingerprint density at radius 3 is 2.42 bits per heavy atom. The summed E-state index contributed by atoms with van der Waals surface area (Å²) < 4.78 is 5.45. The van der Waals surface area contributed by atoms with E-state index in [4.69, 9.17) is 16.3 Å². The zero-order valence-corrected chi connectivity index (χ0v) is 14.7. The fraction of sp³-hybridized carbons (Fsp3) is 0.263. The van der Waals surface area contributed by atoms with Crippen molar-refractivity contribution in [2.75, 3.05) is 6.54 Å². The molecule has 2 aromatic rings. The second-order valence-corrected chi connectivity index (χ2v) is 6.02. The highest BCUT2D eigenvalue weighted by Crippen LogP contribution is 2.26. The number of hydrogen-bond acceptors (Lipinski definition) is 3. The molecule has 0 aliphatic heterocycles. The van der Waals surface area contributed by atoms with Crippen LogP contribution in [0.15, 0.2) is 36.4 Å². The molecule has 4 nitrogen and oxygen atoms in total. The van der Waals surface area contributed by atoms with Gasteiger partial charge in [-0.25, -0.2) is 0 Å².